The molecule has 9 nitrogen and oxygen atoms in total. The van der Waals surface area contributed by atoms with Gasteiger partial charge in [0, 0.05) is 25.3 Å². The highest BCUT2D eigenvalue weighted by molar-refractivity contribution is 6.30. The maximum absolute atomic E-state index is 15.3. The van der Waals surface area contributed by atoms with Crippen LogP contribution in [0.15, 0.2) is 18.3 Å². The fourth-order valence-corrected chi connectivity index (χ4v) is 5.80. The maximum atomic E-state index is 15.3. The Balaban J connectivity index is 1.40. The normalized spacial score (nSPS) is 20.0. The van der Waals surface area contributed by atoms with Crippen LogP contribution in [0.5, 0.6) is 6.01 Å². The van der Waals surface area contributed by atoms with Crippen LogP contribution >= 0.6 is 11.6 Å². The van der Waals surface area contributed by atoms with Gasteiger partial charge >= 0.3 is 12.1 Å². The molecule has 14 heteroatoms. The molecule has 2 aliphatic heterocycles. The molecule has 4 heterocycles. The summed E-state index contributed by atoms with van der Waals surface area (Å²) in [5, 5.41) is 6.33. The number of hydrogen-bond acceptors (Lipinski definition) is 8. The van der Waals surface area contributed by atoms with Gasteiger partial charge in [0.05, 0.1) is 12.0 Å². The fourth-order valence-electron chi connectivity index (χ4n) is 5.66. The first-order chi connectivity index (χ1) is 21.4. The Hall–Kier alpha value is -3.45. The van der Waals surface area contributed by atoms with E-state index in [2.05, 4.69) is 20.3 Å². The SMILES string of the molecule is CC(C)(C)OC(=O)N1CCCCCN1c1nc(OC[C@H]2CCCNC(c3cc(F)c(F)c(F)c3)CC2)nc2c(F)c(Cl)ncc12. The van der Waals surface area contributed by atoms with Crippen molar-refractivity contribution in [2.75, 3.05) is 31.3 Å². The number of nitrogens with one attached hydrogen (secondary N) is 1. The van der Waals surface area contributed by atoms with Crippen LogP contribution in [0.25, 0.3) is 10.9 Å². The maximum Gasteiger partial charge on any atom is 0.429 e. The van der Waals surface area contributed by atoms with Gasteiger partial charge in [0.25, 0.3) is 0 Å². The zero-order valence-corrected chi connectivity index (χ0v) is 26.3. The summed E-state index contributed by atoms with van der Waals surface area (Å²) in [6.07, 6.45) is 5.89. The van der Waals surface area contributed by atoms with E-state index in [0.717, 1.165) is 44.2 Å². The first-order valence-electron chi connectivity index (χ1n) is 15.2. The molecule has 0 radical (unpaired) electrons. The molecule has 1 amide bonds. The van der Waals surface area contributed by atoms with Crippen LogP contribution in [0.3, 0.4) is 0 Å². The van der Waals surface area contributed by atoms with Crippen molar-refractivity contribution in [3.8, 4) is 6.01 Å². The lowest BCUT2D eigenvalue weighted by atomic mass is 9.91. The van der Waals surface area contributed by atoms with Crippen LogP contribution in [0.1, 0.15) is 77.3 Å². The van der Waals surface area contributed by atoms with Crippen molar-refractivity contribution in [1.82, 2.24) is 25.3 Å². The second kappa shape index (κ2) is 13.9. The Morgan fingerprint density at radius 1 is 1.00 bits per heavy atom. The van der Waals surface area contributed by atoms with Gasteiger partial charge in [0.1, 0.15) is 11.1 Å². The van der Waals surface area contributed by atoms with Gasteiger partial charge in [-0.25, -0.2) is 32.3 Å². The summed E-state index contributed by atoms with van der Waals surface area (Å²) in [6.45, 7) is 6.92. The Bertz CT molecular complexity index is 1520. The number of hydrogen-bond donors (Lipinski definition) is 1. The highest BCUT2D eigenvalue weighted by atomic mass is 35.5. The molecule has 1 aromatic carbocycles. The number of hydrazine groups is 1. The van der Waals surface area contributed by atoms with E-state index in [1.165, 1.54) is 11.2 Å². The first-order valence-corrected chi connectivity index (χ1v) is 15.6. The molecule has 0 aliphatic carbocycles. The second-order valence-electron chi connectivity index (χ2n) is 12.4. The summed E-state index contributed by atoms with van der Waals surface area (Å²) in [6, 6.07) is 1.58. The molecule has 244 valence electrons. The van der Waals surface area contributed by atoms with Gasteiger partial charge in [0.15, 0.2) is 34.2 Å². The number of fused-ring (bicyclic) bond motifs is 1. The van der Waals surface area contributed by atoms with E-state index < -0.39 is 35.0 Å². The first kappa shape index (κ1) is 32.9. The van der Waals surface area contributed by atoms with Crippen LogP contribution in [0.2, 0.25) is 5.15 Å². The van der Waals surface area contributed by atoms with Crippen molar-refractivity contribution in [2.24, 2.45) is 5.92 Å². The number of halogens is 5. The van der Waals surface area contributed by atoms with E-state index in [1.807, 2.05) is 0 Å². The van der Waals surface area contributed by atoms with E-state index in [-0.39, 0.29) is 46.5 Å². The molecular formula is C31H37ClF4N6O3. The standard InChI is InChI=1S/C31H37ClF4N6O3/c1-31(2,3)45-30(43)42-13-6-4-5-12-41(42)28-20-16-38-27(32)25(36)26(20)39-29(40-28)44-17-18-8-7-11-37-23(10-9-18)19-14-21(33)24(35)22(34)15-19/h14-16,18,23,37H,4-13,17H2,1-3H3/t18-,23?/m0/s1. The lowest BCUT2D eigenvalue weighted by molar-refractivity contribution is 0.0232. The number of amides is 1. The third kappa shape index (κ3) is 7.86. The average molecular weight is 653 g/mol. The van der Waals surface area contributed by atoms with Crippen molar-refractivity contribution in [3.63, 3.8) is 0 Å². The summed E-state index contributed by atoms with van der Waals surface area (Å²) >= 11 is 6.02. The van der Waals surface area contributed by atoms with Gasteiger partial charge in [-0.05, 0) is 95.9 Å². The zero-order chi connectivity index (χ0) is 32.3. The summed E-state index contributed by atoms with van der Waals surface area (Å²) in [7, 11) is 0. The quantitative estimate of drug-likeness (QED) is 0.175. The summed E-state index contributed by atoms with van der Waals surface area (Å²) in [4.78, 5) is 26.2. The van der Waals surface area contributed by atoms with Crippen LogP contribution < -0.4 is 15.1 Å². The number of ether oxygens (including phenoxy) is 2. The predicted molar refractivity (Wildman–Crippen MR) is 161 cm³/mol. The molecule has 0 spiro atoms. The summed E-state index contributed by atoms with van der Waals surface area (Å²) in [5.41, 5.74) is -0.488. The number of aromatic nitrogens is 3. The van der Waals surface area contributed by atoms with E-state index in [0.29, 0.717) is 38.0 Å². The fraction of sp³-hybridized carbons (Fsp3) is 0.548. The lowest BCUT2D eigenvalue weighted by Crippen LogP contribution is -2.49. The minimum absolute atomic E-state index is 0.0230. The highest BCUT2D eigenvalue weighted by Gasteiger charge is 2.32. The Labute approximate surface area is 264 Å². The second-order valence-corrected chi connectivity index (χ2v) is 12.8. The largest absolute Gasteiger partial charge is 0.463 e. The van der Waals surface area contributed by atoms with Gasteiger partial charge in [-0.1, -0.05) is 11.6 Å². The smallest absolute Gasteiger partial charge is 0.429 e. The summed E-state index contributed by atoms with van der Waals surface area (Å²) in [5.74, 6) is -4.51. The number of carbonyl (C=O) groups is 1. The van der Waals surface area contributed by atoms with Crippen LogP contribution in [0.4, 0.5) is 28.2 Å². The molecule has 3 aromatic rings. The van der Waals surface area contributed by atoms with Gasteiger partial charge in [0.2, 0.25) is 0 Å². The summed E-state index contributed by atoms with van der Waals surface area (Å²) < 4.78 is 68.4. The van der Waals surface area contributed by atoms with Gasteiger partial charge < -0.3 is 14.8 Å². The number of rotatable bonds is 5. The van der Waals surface area contributed by atoms with E-state index in [4.69, 9.17) is 21.1 Å². The zero-order valence-electron chi connectivity index (χ0n) is 25.5. The Kier molecular flexibility index (Phi) is 10.2. The number of benzene rings is 1. The minimum Gasteiger partial charge on any atom is -0.463 e. The number of pyridine rings is 1. The molecule has 1 unspecified atom stereocenters. The van der Waals surface area contributed by atoms with Crippen molar-refractivity contribution < 1.29 is 31.8 Å². The molecule has 45 heavy (non-hydrogen) atoms. The molecule has 2 aliphatic rings. The van der Waals surface area contributed by atoms with Gasteiger partial charge in [-0.15, -0.1) is 0 Å². The van der Waals surface area contributed by atoms with E-state index in [9.17, 15) is 18.0 Å². The molecular weight excluding hydrogens is 616 g/mol. The van der Waals surface area contributed by atoms with Crippen molar-refractivity contribution in [2.45, 2.75) is 77.4 Å². The van der Waals surface area contributed by atoms with Crippen LogP contribution in [-0.2, 0) is 4.74 Å². The number of anilines is 1. The lowest BCUT2D eigenvalue weighted by Gasteiger charge is -2.35. The minimum atomic E-state index is -1.49. The number of carbonyl (C=O) groups excluding carboxylic acids is 1. The highest BCUT2D eigenvalue weighted by Crippen LogP contribution is 2.33. The van der Waals surface area contributed by atoms with Crippen molar-refractivity contribution in [3.05, 3.63) is 52.3 Å². The van der Waals surface area contributed by atoms with E-state index in [1.54, 1.807) is 25.8 Å². The van der Waals surface area contributed by atoms with E-state index >= 15 is 4.39 Å². The molecule has 0 bridgehead atoms. The third-order valence-electron chi connectivity index (χ3n) is 7.88. The Morgan fingerprint density at radius 2 is 1.73 bits per heavy atom. The molecule has 2 atom stereocenters. The topological polar surface area (TPSA) is 92.7 Å². The molecule has 2 fully saturated rings. The average Bonchev–Trinajstić information content (AvgIpc) is 3.22. The molecule has 0 saturated carbocycles. The third-order valence-corrected chi connectivity index (χ3v) is 8.14. The van der Waals surface area contributed by atoms with Crippen molar-refractivity contribution in [1.29, 1.82) is 0 Å². The van der Waals surface area contributed by atoms with Crippen molar-refractivity contribution >= 4 is 34.4 Å². The molecule has 2 saturated heterocycles. The predicted octanol–water partition coefficient (Wildman–Crippen LogP) is 7.28. The molecule has 5 rings (SSSR count). The Morgan fingerprint density at radius 3 is 2.47 bits per heavy atom. The van der Waals surface area contributed by atoms with Gasteiger partial charge in [-0.3, -0.25) is 5.01 Å². The van der Waals surface area contributed by atoms with Crippen LogP contribution in [0, 0.1) is 29.2 Å². The van der Waals surface area contributed by atoms with Crippen LogP contribution in [-0.4, -0.2) is 57.9 Å². The monoisotopic (exact) mass is 652 g/mol. The molecule has 2 aromatic heterocycles. The van der Waals surface area contributed by atoms with Gasteiger partial charge in [-0.2, -0.15) is 9.97 Å². The number of nitrogens with zero attached hydrogens (tertiary/aromatic N) is 5. The molecule has 1 N–H and O–H groups in total.